The minimum absolute atomic E-state index is 0.273. The first kappa shape index (κ1) is 10.2. The summed E-state index contributed by atoms with van der Waals surface area (Å²) in [4.78, 5) is 14.6. The van der Waals surface area contributed by atoms with Gasteiger partial charge < -0.3 is 5.11 Å². The maximum atomic E-state index is 10.5. The standard InChI is InChI=1S/C11H11NO2/c1-2-3-8-12-10-6-4-9(5-7-10)11(13)14/h2-8H,1H3,(H,13,14)/b3-2+,12-8?. The second kappa shape index (κ2) is 4.97. The number of carboxylic acids is 1. The van der Waals surface area contributed by atoms with Gasteiger partial charge in [0.2, 0.25) is 0 Å². The Morgan fingerprint density at radius 3 is 2.50 bits per heavy atom. The third-order valence-electron chi connectivity index (χ3n) is 1.62. The fraction of sp³-hybridized carbons (Fsp3) is 0.0909. The highest BCUT2D eigenvalue weighted by atomic mass is 16.4. The van der Waals surface area contributed by atoms with Crippen molar-refractivity contribution in [1.29, 1.82) is 0 Å². The van der Waals surface area contributed by atoms with Crippen LogP contribution in [0, 0.1) is 0 Å². The van der Waals surface area contributed by atoms with E-state index in [-0.39, 0.29) is 5.56 Å². The van der Waals surface area contributed by atoms with Crippen LogP contribution in [0.4, 0.5) is 5.69 Å². The second-order valence-corrected chi connectivity index (χ2v) is 2.66. The highest BCUT2D eigenvalue weighted by molar-refractivity contribution is 5.88. The molecule has 1 rings (SSSR count). The maximum absolute atomic E-state index is 10.5. The number of aliphatic imine (C=N–C) groups is 1. The molecular weight excluding hydrogens is 178 g/mol. The van der Waals surface area contributed by atoms with Crippen LogP contribution in [0.3, 0.4) is 0 Å². The smallest absolute Gasteiger partial charge is 0.335 e. The predicted octanol–water partition coefficient (Wildman–Crippen LogP) is 2.66. The molecule has 0 aliphatic heterocycles. The number of hydrogen-bond acceptors (Lipinski definition) is 2. The Labute approximate surface area is 82.4 Å². The van der Waals surface area contributed by atoms with Crippen molar-refractivity contribution in [2.75, 3.05) is 0 Å². The Bertz CT molecular complexity index is 363. The van der Waals surface area contributed by atoms with Gasteiger partial charge in [0.05, 0.1) is 11.3 Å². The largest absolute Gasteiger partial charge is 0.478 e. The summed E-state index contributed by atoms with van der Waals surface area (Å²) in [5.41, 5.74) is 1.02. The highest BCUT2D eigenvalue weighted by Gasteiger charge is 1.99. The van der Waals surface area contributed by atoms with Gasteiger partial charge in [0, 0.05) is 6.21 Å². The third-order valence-corrected chi connectivity index (χ3v) is 1.62. The molecule has 0 amide bonds. The maximum Gasteiger partial charge on any atom is 0.335 e. The fourth-order valence-corrected chi connectivity index (χ4v) is 0.905. The van der Waals surface area contributed by atoms with E-state index in [1.165, 1.54) is 12.1 Å². The van der Waals surface area contributed by atoms with Crippen molar-refractivity contribution in [1.82, 2.24) is 0 Å². The molecule has 0 bridgehead atoms. The molecular formula is C11H11NO2. The summed E-state index contributed by atoms with van der Waals surface area (Å²) in [6.07, 6.45) is 5.34. The van der Waals surface area contributed by atoms with Crippen molar-refractivity contribution in [2.24, 2.45) is 4.99 Å². The molecule has 0 atom stereocenters. The lowest BCUT2D eigenvalue weighted by atomic mass is 10.2. The van der Waals surface area contributed by atoms with Crippen LogP contribution in [0.25, 0.3) is 0 Å². The van der Waals surface area contributed by atoms with Gasteiger partial charge in [-0.15, -0.1) is 0 Å². The number of aromatic carboxylic acids is 1. The Morgan fingerprint density at radius 1 is 1.36 bits per heavy atom. The SMILES string of the molecule is C/C=C/C=Nc1ccc(C(=O)O)cc1. The summed E-state index contributed by atoms with van der Waals surface area (Å²) in [5.74, 6) is -0.922. The van der Waals surface area contributed by atoms with Crippen molar-refractivity contribution in [3.63, 3.8) is 0 Å². The first-order chi connectivity index (χ1) is 6.74. The molecule has 0 radical (unpaired) electrons. The summed E-state index contributed by atoms with van der Waals surface area (Å²) in [6.45, 7) is 1.90. The quantitative estimate of drug-likeness (QED) is 0.743. The van der Waals surface area contributed by atoms with Gasteiger partial charge in [0.15, 0.2) is 0 Å². The van der Waals surface area contributed by atoms with Gasteiger partial charge in [-0.25, -0.2) is 4.79 Å². The second-order valence-electron chi connectivity index (χ2n) is 2.66. The molecule has 3 nitrogen and oxygen atoms in total. The van der Waals surface area contributed by atoms with E-state index < -0.39 is 5.97 Å². The lowest BCUT2D eigenvalue weighted by Crippen LogP contribution is -1.94. The average molecular weight is 189 g/mol. The summed E-state index contributed by atoms with van der Waals surface area (Å²) < 4.78 is 0. The molecule has 0 aliphatic rings. The molecule has 1 aromatic carbocycles. The molecule has 0 fully saturated rings. The molecule has 14 heavy (non-hydrogen) atoms. The van der Waals surface area contributed by atoms with Gasteiger partial charge in [-0.3, -0.25) is 4.99 Å². The van der Waals surface area contributed by atoms with Crippen molar-refractivity contribution in [3.05, 3.63) is 42.0 Å². The number of carboxylic acid groups (broad SMARTS) is 1. The Morgan fingerprint density at radius 2 is 2.00 bits per heavy atom. The number of nitrogens with zero attached hydrogens (tertiary/aromatic N) is 1. The summed E-state index contributed by atoms with van der Waals surface area (Å²) in [5, 5.41) is 8.64. The lowest BCUT2D eigenvalue weighted by molar-refractivity contribution is 0.0697. The van der Waals surface area contributed by atoms with E-state index in [0.29, 0.717) is 0 Å². The zero-order chi connectivity index (χ0) is 10.4. The molecule has 0 aliphatic carbocycles. The first-order valence-corrected chi connectivity index (χ1v) is 4.22. The molecule has 72 valence electrons. The normalized spacial score (nSPS) is 11.2. The number of hydrogen-bond donors (Lipinski definition) is 1. The predicted molar refractivity (Wildman–Crippen MR) is 56.4 cm³/mol. The number of rotatable bonds is 3. The topological polar surface area (TPSA) is 49.7 Å². The molecule has 0 saturated heterocycles. The minimum Gasteiger partial charge on any atom is -0.478 e. The first-order valence-electron chi connectivity index (χ1n) is 4.22. The van der Waals surface area contributed by atoms with E-state index in [9.17, 15) is 4.79 Å². The molecule has 3 heteroatoms. The summed E-state index contributed by atoms with van der Waals surface area (Å²) in [6, 6.07) is 6.40. The van der Waals surface area contributed by atoms with Crippen LogP contribution in [0.15, 0.2) is 41.4 Å². The molecule has 1 aromatic rings. The van der Waals surface area contributed by atoms with Gasteiger partial charge in [-0.2, -0.15) is 0 Å². The van der Waals surface area contributed by atoms with Crippen molar-refractivity contribution in [3.8, 4) is 0 Å². The molecule has 0 unspecified atom stereocenters. The Balaban J connectivity index is 2.78. The molecule has 0 saturated carbocycles. The monoisotopic (exact) mass is 189 g/mol. The van der Waals surface area contributed by atoms with Gasteiger partial charge in [0.25, 0.3) is 0 Å². The molecule has 0 heterocycles. The van der Waals surface area contributed by atoms with Crippen LogP contribution in [-0.2, 0) is 0 Å². The van der Waals surface area contributed by atoms with Crippen LogP contribution < -0.4 is 0 Å². The van der Waals surface area contributed by atoms with Gasteiger partial charge in [-0.05, 0) is 37.3 Å². The Kier molecular flexibility index (Phi) is 3.61. The Hall–Kier alpha value is -1.90. The molecule has 0 spiro atoms. The molecule has 1 N–H and O–H groups in total. The van der Waals surface area contributed by atoms with E-state index in [1.54, 1.807) is 18.3 Å². The van der Waals surface area contributed by atoms with Crippen LogP contribution >= 0.6 is 0 Å². The fourth-order valence-electron chi connectivity index (χ4n) is 0.905. The molecule has 0 aromatic heterocycles. The third kappa shape index (κ3) is 2.86. The minimum atomic E-state index is -0.922. The van der Waals surface area contributed by atoms with Crippen molar-refractivity contribution >= 4 is 17.9 Å². The average Bonchev–Trinajstić information content (AvgIpc) is 2.19. The van der Waals surface area contributed by atoms with Crippen molar-refractivity contribution in [2.45, 2.75) is 6.92 Å². The van der Waals surface area contributed by atoms with Crippen molar-refractivity contribution < 1.29 is 9.90 Å². The summed E-state index contributed by atoms with van der Waals surface area (Å²) in [7, 11) is 0. The van der Waals surface area contributed by atoms with E-state index in [2.05, 4.69) is 4.99 Å². The van der Waals surface area contributed by atoms with Gasteiger partial charge >= 0.3 is 5.97 Å². The number of allylic oxidation sites excluding steroid dienone is 2. The number of benzene rings is 1. The highest BCUT2D eigenvalue weighted by Crippen LogP contribution is 2.12. The van der Waals surface area contributed by atoms with E-state index in [1.807, 2.05) is 19.1 Å². The van der Waals surface area contributed by atoms with Crippen LogP contribution in [0.5, 0.6) is 0 Å². The number of carbonyl (C=O) groups is 1. The summed E-state index contributed by atoms with van der Waals surface area (Å²) >= 11 is 0. The van der Waals surface area contributed by atoms with E-state index >= 15 is 0 Å². The van der Waals surface area contributed by atoms with E-state index in [4.69, 9.17) is 5.11 Å². The van der Waals surface area contributed by atoms with Crippen LogP contribution in [0.1, 0.15) is 17.3 Å². The zero-order valence-corrected chi connectivity index (χ0v) is 7.84. The van der Waals surface area contributed by atoms with Gasteiger partial charge in [0.1, 0.15) is 0 Å². The lowest BCUT2D eigenvalue weighted by Gasteiger charge is -1.94. The zero-order valence-electron chi connectivity index (χ0n) is 7.84. The van der Waals surface area contributed by atoms with Crippen LogP contribution in [0.2, 0.25) is 0 Å². The van der Waals surface area contributed by atoms with Crippen LogP contribution in [-0.4, -0.2) is 17.3 Å². The van der Waals surface area contributed by atoms with E-state index in [0.717, 1.165) is 5.69 Å². The van der Waals surface area contributed by atoms with Gasteiger partial charge in [-0.1, -0.05) is 6.08 Å².